The van der Waals surface area contributed by atoms with Crippen LogP contribution in [-0.4, -0.2) is 80.9 Å². The predicted molar refractivity (Wildman–Crippen MR) is 86.9 cm³/mol. The molecule has 0 aromatic carbocycles. The van der Waals surface area contributed by atoms with Crippen LogP contribution in [0.4, 0.5) is 0 Å². The van der Waals surface area contributed by atoms with Crippen LogP contribution in [0.3, 0.4) is 0 Å². The standard InChI is InChI=1S/3C5H11O2.Sb/c3*1-2-7-5-3-4-6;/h3*2-5H2,1H3;/q3*-1;+3. The van der Waals surface area contributed by atoms with Gasteiger partial charge in [-0.25, -0.2) is 0 Å². The summed E-state index contributed by atoms with van der Waals surface area (Å²) in [6.45, 7) is 12.3. The van der Waals surface area contributed by atoms with Gasteiger partial charge in [0.2, 0.25) is 0 Å². The summed E-state index contributed by atoms with van der Waals surface area (Å²) in [6, 6.07) is 0. The number of ether oxygens (including phenoxy) is 3. The molecule has 134 valence electrons. The maximum absolute atomic E-state index is 5.78. The quantitative estimate of drug-likeness (QED) is 0.245. The van der Waals surface area contributed by atoms with Crippen molar-refractivity contribution in [3.8, 4) is 0 Å². The van der Waals surface area contributed by atoms with E-state index >= 15 is 0 Å². The Labute approximate surface area is 144 Å². The van der Waals surface area contributed by atoms with Gasteiger partial charge in [0.1, 0.15) is 0 Å². The van der Waals surface area contributed by atoms with Gasteiger partial charge < -0.3 is 0 Å². The Morgan fingerprint density at radius 1 is 0.500 bits per heavy atom. The summed E-state index contributed by atoms with van der Waals surface area (Å²) >= 11 is -2.51. The molecule has 0 spiro atoms. The molecular formula is C15H33O6Sb. The summed E-state index contributed by atoms with van der Waals surface area (Å²) in [5.74, 6) is 0. The normalized spacial score (nSPS) is 11.5. The van der Waals surface area contributed by atoms with Crippen LogP contribution >= 0.6 is 0 Å². The van der Waals surface area contributed by atoms with Gasteiger partial charge in [0.15, 0.2) is 0 Å². The van der Waals surface area contributed by atoms with E-state index < -0.39 is 21.5 Å². The van der Waals surface area contributed by atoms with Gasteiger partial charge in [0, 0.05) is 0 Å². The van der Waals surface area contributed by atoms with Crippen LogP contribution in [0.5, 0.6) is 0 Å². The van der Waals surface area contributed by atoms with Gasteiger partial charge in [-0.15, -0.1) is 0 Å². The second kappa shape index (κ2) is 19.6. The summed E-state index contributed by atoms with van der Waals surface area (Å²) < 4.78 is 33.2. The third-order valence-electron chi connectivity index (χ3n) is 2.50. The van der Waals surface area contributed by atoms with Gasteiger partial charge in [0.05, 0.1) is 0 Å². The molecule has 0 aromatic heterocycles. The first-order valence-electron chi connectivity index (χ1n) is 8.27. The first-order valence-corrected chi connectivity index (χ1v) is 11.4. The third-order valence-corrected chi connectivity index (χ3v) is 5.87. The van der Waals surface area contributed by atoms with Gasteiger partial charge in [0.25, 0.3) is 0 Å². The number of hydrogen-bond acceptors (Lipinski definition) is 6. The van der Waals surface area contributed by atoms with Crippen molar-refractivity contribution in [3.63, 3.8) is 0 Å². The summed E-state index contributed by atoms with van der Waals surface area (Å²) in [4.78, 5) is 0. The van der Waals surface area contributed by atoms with Gasteiger partial charge >= 0.3 is 144 Å². The molecule has 0 aliphatic heterocycles. The Hall–Kier alpha value is 0.578. The molecule has 0 N–H and O–H groups in total. The van der Waals surface area contributed by atoms with Gasteiger partial charge in [-0.3, -0.25) is 0 Å². The molecule has 0 unspecified atom stereocenters. The van der Waals surface area contributed by atoms with E-state index in [9.17, 15) is 0 Å². The van der Waals surface area contributed by atoms with Crippen LogP contribution in [-0.2, 0) is 23.3 Å². The Morgan fingerprint density at radius 3 is 1.09 bits per heavy atom. The SMILES string of the molecule is CCOCCC[O][Sb]([O]CCCOCC)[O]CCCOCC. The fourth-order valence-corrected chi connectivity index (χ4v) is 4.47. The first kappa shape index (κ1) is 22.6. The van der Waals surface area contributed by atoms with Crippen LogP contribution in [0.1, 0.15) is 40.0 Å². The maximum atomic E-state index is 5.78. The van der Waals surface area contributed by atoms with Crippen molar-refractivity contribution in [2.45, 2.75) is 40.0 Å². The fraction of sp³-hybridized carbons (Fsp3) is 1.00. The third kappa shape index (κ3) is 16.9. The van der Waals surface area contributed by atoms with Crippen molar-refractivity contribution in [2.24, 2.45) is 0 Å². The molecular weight excluding hydrogens is 398 g/mol. The van der Waals surface area contributed by atoms with E-state index in [0.29, 0.717) is 19.8 Å². The zero-order valence-electron chi connectivity index (χ0n) is 14.4. The molecule has 0 aromatic rings. The molecule has 0 fully saturated rings. The Bertz CT molecular complexity index is 175. The topological polar surface area (TPSA) is 55.4 Å². The van der Waals surface area contributed by atoms with E-state index in [4.69, 9.17) is 23.3 Å². The zero-order chi connectivity index (χ0) is 16.3. The summed E-state index contributed by atoms with van der Waals surface area (Å²) in [5, 5.41) is 0. The van der Waals surface area contributed by atoms with Crippen LogP contribution in [0, 0.1) is 0 Å². The van der Waals surface area contributed by atoms with Crippen LogP contribution in [0.25, 0.3) is 0 Å². The molecule has 0 aliphatic carbocycles. The first-order chi connectivity index (χ1) is 10.8. The Balaban J connectivity index is 3.72. The van der Waals surface area contributed by atoms with Crippen molar-refractivity contribution in [1.29, 1.82) is 0 Å². The summed E-state index contributed by atoms with van der Waals surface area (Å²) in [7, 11) is 0. The van der Waals surface area contributed by atoms with E-state index in [-0.39, 0.29) is 0 Å². The van der Waals surface area contributed by atoms with Gasteiger partial charge in [-0.1, -0.05) is 0 Å². The molecule has 22 heavy (non-hydrogen) atoms. The van der Waals surface area contributed by atoms with Crippen molar-refractivity contribution in [1.82, 2.24) is 0 Å². The average molecular weight is 431 g/mol. The van der Waals surface area contributed by atoms with Gasteiger partial charge in [-0.2, -0.15) is 0 Å². The molecule has 6 nitrogen and oxygen atoms in total. The molecule has 0 rings (SSSR count). The molecule has 7 heteroatoms. The van der Waals surface area contributed by atoms with Crippen molar-refractivity contribution < 1.29 is 23.3 Å². The molecule has 0 atom stereocenters. The van der Waals surface area contributed by atoms with E-state index in [0.717, 1.165) is 58.9 Å². The number of rotatable bonds is 18. The van der Waals surface area contributed by atoms with Crippen LogP contribution in [0.15, 0.2) is 0 Å². The van der Waals surface area contributed by atoms with Crippen molar-refractivity contribution in [3.05, 3.63) is 0 Å². The summed E-state index contributed by atoms with van der Waals surface area (Å²) in [6.07, 6.45) is 2.62. The zero-order valence-corrected chi connectivity index (χ0v) is 16.9. The Morgan fingerprint density at radius 2 is 0.818 bits per heavy atom. The second-order valence-corrected chi connectivity index (χ2v) is 7.86. The number of hydrogen-bond donors (Lipinski definition) is 0. The van der Waals surface area contributed by atoms with E-state index in [1.165, 1.54) is 0 Å². The minimum atomic E-state index is -2.51. The second-order valence-electron chi connectivity index (χ2n) is 4.37. The van der Waals surface area contributed by atoms with Crippen LogP contribution < -0.4 is 0 Å². The average Bonchev–Trinajstić information content (AvgIpc) is 2.53. The molecule has 0 amide bonds. The molecule has 0 aliphatic rings. The molecule has 0 saturated heterocycles. The molecule has 0 bridgehead atoms. The van der Waals surface area contributed by atoms with Crippen molar-refractivity contribution in [2.75, 3.05) is 59.5 Å². The molecule has 0 saturated carbocycles. The van der Waals surface area contributed by atoms with E-state index in [1.54, 1.807) is 0 Å². The predicted octanol–water partition coefficient (Wildman–Crippen LogP) is 2.30. The Kier molecular flexibility index (Phi) is 20.1. The molecule has 0 heterocycles. The fourth-order valence-electron chi connectivity index (χ4n) is 1.45. The van der Waals surface area contributed by atoms with Crippen molar-refractivity contribution >= 4 is 21.5 Å². The van der Waals surface area contributed by atoms with Crippen LogP contribution in [0.2, 0.25) is 0 Å². The van der Waals surface area contributed by atoms with E-state index in [1.807, 2.05) is 20.8 Å². The summed E-state index contributed by atoms with van der Waals surface area (Å²) in [5.41, 5.74) is 0. The monoisotopic (exact) mass is 430 g/mol. The molecule has 0 radical (unpaired) electrons. The minimum absolute atomic E-state index is 0.639. The van der Waals surface area contributed by atoms with E-state index in [2.05, 4.69) is 0 Å². The van der Waals surface area contributed by atoms with Gasteiger partial charge in [-0.05, 0) is 0 Å².